The number of halogens is 1. The van der Waals surface area contributed by atoms with Crippen LogP contribution < -0.4 is 0 Å². The first kappa shape index (κ1) is 13.1. The predicted octanol–water partition coefficient (Wildman–Crippen LogP) is 2.16. The van der Waals surface area contributed by atoms with E-state index in [2.05, 4.69) is 16.7 Å². The summed E-state index contributed by atoms with van der Waals surface area (Å²) in [5, 5.41) is 8.66. The number of aliphatic hydroxyl groups is 1. The molecule has 1 N–H and O–H groups in total. The highest BCUT2D eigenvalue weighted by atomic mass is 19.1. The maximum Gasteiger partial charge on any atom is 0.124 e. The minimum Gasteiger partial charge on any atom is -0.395 e. The molecule has 1 saturated heterocycles. The Morgan fingerprint density at radius 1 is 1.22 bits per heavy atom. The Hall–Kier alpha value is -1.37. The molecule has 96 valence electrons. The average molecular weight is 247 g/mol. The zero-order valence-corrected chi connectivity index (χ0v) is 10.5. The van der Waals surface area contributed by atoms with Crippen LogP contribution in [0, 0.1) is 17.7 Å². The largest absolute Gasteiger partial charge is 0.395 e. The lowest BCUT2D eigenvalue weighted by Crippen LogP contribution is -2.18. The maximum absolute atomic E-state index is 13.5. The highest BCUT2D eigenvalue weighted by Gasteiger charge is 2.12. The Bertz CT molecular complexity index is 455. The number of hydrogen-bond donors (Lipinski definition) is 1. The Balaban J connectivity index is 2.08. The van der Waals surface area contributed by atoms with Gasteiger partial charge in [0.15, 0.2) is 0 Å². The lowest BCUT2D eigenvalue weighted by Gasteiger charge is -2.14. The molecule has 18 heavy (non-hydrogen) atoms. The molecule has 1 aliphatic heterocycles. The first-order valence-corrected chi connectivity index (χ1v) is 6.39. The van der Waals surface area contributed by atoms with Gasteiger partial charge in [0.25, 0.3) is 0 Å². The lowest BCUT2D eigenvalue weighted by atomic mass is 10.1. The molecular formula is C15H18FNO. The second-order valence-electron chi connectivity index (χ2n) is 4.61. The van der Waals surface area contributed by atoms with E-state index in [0.29, 0.717) is 12.0 Å². The number of likely N-dealkylation sites (tertiary alicyclic amines) is 1. The van der Waals surface area contributed by atoms with Gasteiger partial charge in [0, 0.05) is 18.5 Å². The van der Waals surface area contributed by atoms with Gasteiger partial charge in [0.2, 0.25) is 0 Å². The third-order valence-corrected chi connectivity index (χ3v) is 3.03. The van der Waals surface area contributed by atoms with Crippen molar-refractivity contribution < 1.29 is 9.50 Å². The maximum atomic E-state index is 13.5. The SMILES string of the molecule is OCCC#Cc1cc(F)cc(CN2CCCC2)c1. The summed E-state index contributed by atoms with van der Waals surface area (Å²) in [6.07, 6.45) is 2.90. The van der Waals surface area contributed by atoms with Gasteiger partial charge in [0.05, 0.1) is 6.61 Å². The molecule has 1 fully saturated rings. The van der Waals surface area contributed by atoms with Gasteiger partial charge in [-0.3, -0.25) is 4.90 Å². The van der Waals surface area contributed by atoms with E-state index in [0.717, 1.165) is 25.2 Å². The third kappa shape index (κ3) is 3.83. The van der Waals surface area contributed by atoms with Crippen LogP contribution in [0.1, 0.15) is 30.4 Å². The van der Waals surface area contributed by atoms with Crippen molar-refractivity contribution in [1.82, 2.24) is 4.90 Å². The molecule has 0 aromatic heterocycles. The van der Waals surface area contributed by atoms with Crippen LogP contribution in [-0.2, 0) is 6.54 Å². The summed E-state index contributed by atoms with van der Waals surface area (Å²) in [4.78, 5) is 2.33. The fourth-order valence-electron chi connectivity index (χ4n) is 2.23. The fraction of sp³-hybridized carbons (Fsp3) is 0.467. The second-order valence-corrected chi connectivity index (χ2v) is 4.61. The smallest absolute Gasteiger partial charge is 0.124 e. The molecule has 0 aliphatic carbocycles. The number of aliphatic hydroxyl groups excluding tert-OH is 1. The molecule has 3 heteroatoms. The van der Waals surface area contributed by atoms with E-state index in [-0.39, 0.29) is 12.4 Å². The summed E-state index contributed by atoms with van der Waals surface area (Å²) in [5.41, 5.74) is 1.67. The van der Waals surface area contributed by atoms with E-state index in [1.807, 2.05) is 6.07 Å². The summed E-state index contributed by atoms with van der Waals surface area (Å²) in [6, 6.07) is 4.96. The summed E-state index contributed by atoms with van der Waals surface area (Å²) < 4.78 is 13.5. The van der Waals surface area contributed by atoms with Crippen LogP contribution in [0.3, 0.4) is 0 Å². The standard InChI is InChI=1S/C15H18FNO/c16-15-10-13(5-1-4-8-18)9-14(11-15)12-17-6-2-3-7-17/h9-11,18H,2-4,6-8,12H2. The van der Waals surface area contributed by atoms with Gasteiger partial charge in [-0.2, -0.15) is 0 Å². The Kier molecular flexibility index (Phi) is 4.74. The molecular weight excluding hydrogens is 229 g/mol. The van der Waals surface area contributed by atoms with E-state index in [9.17, 15) is 4.39 Å². The summed E-state index contributed by atoms with van der Waals surface area (Å²) in [6.45, 7) is 3.04. The zero-order chi connectivity index (χ0) is 12.8. The van der Waals surface area contributed by atoms with E-state index >= 15 is 0 Å². The van der Waals surface area contributed by atoms with Crippen LogP contribution in [0.25, 0.3) is 0 Å². The van der Waals surface area contributed by atoms with Crippen molar-refractivity contribution in [1.29, 1.82) is 0 Å². The Morgan fingerprint density at radius 3 is 2.72 bits per heavy atom. The molecule has 2 rings (SSSR count). The third-order valence-electron chi connectivity index (χ3n) is 3.03. The monoisotopic (exact) mass is 247 g/mol. The van der Waals surface area contributed by atoms with Crippen molar-refractivity contribution in [2.24, 2.45) is 0 Å². The normalized spacial score (nSPS) is 15.4. The molecule has 1 aromatic carbocycles. The minimum absolute atomic E-state index is 0.0446. The van der Waals surface area contributed by atoms with Crippen LogP contribution in [0.4, 0.5) is 4.39 Å². The summed E-state index contributed by atoms with van der Waals surface area (Å²) in [7, 11) is 0. The van der Waals surface area contributed by atoms with Crippen molar-refractivity contribution in [3.63, 3.8) is 0 Å². The first-order chi connectivity index (χ1) is 8.78. The average Bonchev–Trinajstić information content (AvgIpc) is 2.81. The first-order valence-electron chi connectivity index (χ1n) is 6.39. The van der Waals surface area contributed by atoms with Crippen LogP contribution in [0.2, 0.25) is 0 Å². The van der Waals surface area contributed by atoms with Crippen molar-refractivity contribution in [3.8, 4) is 11.8 Å². The molecule has 0 spiro atoms. The van der Waals surface area contributed by atoms with Crippen molar-refractivity contribution in [3.05, 3.63) is 35.1 Å². The molecule has 0 atom stereocenters. The van der Waals surface area contributed by atoms with Gasteiger partial charge < -0.3 is 5.11 Å². The van der Waals surface area contributed by atoms with Gasteiger partial charge in [-0.15, -0.1) is 0 Å². The van der Waals surface area contributed by atoms with Gasteiger partial charge in [-0.05, 0) is 49.7 Å². The second kappa shape index (κ2) is 6.53. The molecule has 1 aliphatic rings. The van der Waals surface area contributed by atoms with Crippen molar-refractivity contribution in [2.75, 3.05) is 19.7 Å². The van der Waals surface area contributed by atoms with Crippen LogP contribution in [0.15, 0.2) is 18.2 Å². The van der Waals surface area contributed by atoms with E-state index < -0.39 is 0 Å². The van der Waals surface area contributed by atoms with E-state index in [1.165, 1.54) is 18.9 Å². The van der Waals surface area contributed by atoms with Gasteiger partial charge in [0.1, 0.15) is 5.82 Å². The van der Waals surface area contributed by atoms with Crippen LogP contribution >= 0.6 is 0 Å². The molecule has 0 bridgehead atoms. The number of benzene rings is 1. The molecule has 1 heterocycles. The highest BCUT2D eigenvalue weighted by Crippen LogP contribution is 2.15. The van der Waals surface area contributed by atoms with Crippen molar-refractivity contribution in [2.45, 2.75) is 25.8 Å². The van der Waals surface area contributed by atoms with E-state index in [1.54, 1.807) is 6.07 Å². The summed E-state index contributed by atoms with van der Waals surface area (Å²) in [5.74, 6) is 5.47. The number of rotatable bonds is 3. The molecule has 2 nitrogen and oxygen atoms in total. The molecule has 1 aromatic rings. The predicted molar refractivity (Wildman–Crippen MR) is 69.5 cm³/mol. The molecule has 0 amide bonds. The number of nitrogens with zero attached hydrogens (tertiary/aromatic N) is 1. The van der Waals surface area contributed by atoms with Gasteiger partial charge in [-0.1, -0.05) is 11.8 Å². The quantitative estimate of drug-likeness (QED) is 0.827. The Morgan fingerprint density at radius 2 is 2.00 bits per heavy atom. The van der Waals surface area contributed by atoms with Crippen LogP contribution in [-0.4, -0.2) is 29.7 Å². The van der Waals surface area contributed by atoms with Crippen LogP contribution in [0.5, 0.6) is 0 Å². The Labute approximate surface area is 107 Å². The fourth-order valence-corrected chi connectivity index (χ4v) is 2.23. The van der Waals surface area contributed by atoms with E-state index in [4.69, 9.17) is 5.11 Å². The highest BCUT2D eigenvalue weighted by molar-refractivity contribution is 5.37. The van der Waals surface area contributed by atoms with Gasteiger partial charge in [-0.25, -0.2) is 4.39 Å². The van der Waals surface area contributed by atoms with Crippen molar-refractivity contribution >= 4 is 0 Å². The topological polar surface area (TPSA) is 23.5 Å². The molecule has 0 unspecified atom stereocenters. The zero-order valence-electron chi connectivity index (χ0n) is 10.5. The lowest BCUT2D eigenvalue weighted by molar-refractivity contribution is 0.305. The number of hydrogen-bond acceptors (Lipinski definition) is 2. The molecule has 0 radical (unpaired) electrons. The van der Waals surface area contributed by atoms with Gasteiger partial charge >= 0.3 is 0 Å². The molecule has 0 saturated carbocycles. The summed E-state index contributed by atoms with van der Waals surface area (Å²) >= 11 is 0. The minimum atomic E-state index is -0.236.